The zero-order chi connectivity index (χ0) is 11.4. The Morgan fingerprint density at radius 3 is 2.00 bits per heavy atom. The lowest BCUT2D eigenvalue weighted by Gasteiger charge is -2.25. The quantitative estimate of drug-likeness (QED) is 0.617. The van der Waals surface area contributed by atoms with Crippen LogP contribution >= 0.6 is 0 Å². The van der Waals surface area contributed by atoms with Gasteiger partial charge in [-0.05, 0) is 20.8 Å². The highest BCUT2D eigenvalue weighted by Gasteiger charge is 2.26. The van der Waals surface area contributed by atoms with Gasteiger partial charge in [-0.15, -0.1) is 0 Å². The summed E-state index contributed by atoms with van der Waals surface area (Å²) in [4.78, 5) is 0. The molecule has 0 bridgehead atoms. The summed E-state index contributed by atoms with van der Waals surface area (Å²) in [6.45, 7) is 3.50. The minimum atomic E-state index is -2.80. The molecule has 0 aliphatic rings. The number of hydrogen-bond donors (Lipinski definition) is 0. The molecule has 5 heteroatoms. The lowest BCUT2D eigenvalue weighted by molar-refractivity contribution is -0.0844. The van der Waals surface area contributed by atoms with E-state index in [1.165, 1.54) is 13.8 Å². The Hall–Kier alpha value is -0.320. The highest BCUT2D eigenvalue weighted by atomic mass is 19.3. The van der Waals surface area contributed by atoms with Gasteiger partial charge in [0.15, 0.2) is 0 Å². The van der Waals surface area contributed by atoms with Gasteiger partial charge in [0.25, 0.3) is 0 Å². The fourth-order valence-corrected chi connectivity index (χ4v) is 0.937. The molecule has 86 valence electrons. The summed E-state index contributed by atoms with van der Waals surface area (Å²) in [5.74, 6) is -2.80. The zero-order valence-corrected chi connectivity index (χ0v) is 8.62. The van der Waals surface area contributed by atoms with E-state index in [0.29, 0.717) is 0 Å². The molecule has 0 aromatic carbocycles. The van der Waals surface area contributed by atoms with Crippen molar-refractivity contribution in [2.24, 2.45) is 0 Å². The Kier molecular flexibility index (Phi) is 4.84. The maximum Gasteiger partial charge on any atom is 0.247 e. The van der Waals surface area contributed by atoms with Crippen LogP contribution in [0.15, 0.2) is 0 Å². The van der Waals surface area contributed by atoms with E-state index in [1.54, 1.807) is 0 Å². The van der Waals surface area contributed by atoms with E-state index < -0.39 is 30.8 Å². The normalized spacial score (nSPS) is 13.7. The van der Waals surface area contributed by atoms with Crippen LogP contribution in [0.3, 0.4) is 0 Å². The summed E-state index contributed by atoms with van der Waals surface area (Å²) in [5.41, 5.74) is -1.04. The molecule has 0 unspecified atom stereocenters. The second-order valence-electron chi connectivity index (χ2n) is 4.02. The van der Waals surface area contributed by atoms with Crippen LogP contribution in [-0.2, 0) is 4.74 Å². The fraction of sp³-hybridized carbons (Fsp3) is 1.00. The Balaban J connectivity index is 3.76. The first kappa shape index (κ1) is 13.7. The smallest absolute Gasteiger partial charge is 0.247 e. The second-order valence-corrected chi connectivity index (χ2v) is 4.02. The van der Waals surface area contributed by atoms with Gasteiger partial charge in [0.2, 0.25) is 12.3 Å². The van der Waals surface area contributed by atoms with Gasteiger partial charge in [0.05, 0.1) is 12.2 Å². The van der Waals surface area contributed by atoms with Crippen LogP contribution in [0.5, 0.6) is 0 Å². The van der Waals surface area contributed by atoms with E-state index in [9.17, 15) is 17.6 Å². The molecule has 0 rings (SSSR count). The van der Waals surface area contributed by atoms with Crippen molar-refractivity contribution < 1.29 is 22.3 Å². The van der Waals surface area contributed by atoms with Crippen LogP contribution in [0.2, 0.25) is 0 Å². The number of ether oxygens (including phenoxy) is 1. The van der Waals surface area contributed by atoms with Gasteiger partial charge in [0.1, 0.15) is 0 Å². The van der Waals surface area contributed by atoms with E-state index >= 15 is 0 Å². The van der Waals surface area contributed by atoms with Crippen molar-refractivity contribution in [3.8, 4) is 0 Å². The van der Waals surface area contributed by atoms with Crippen molar-refractivity contribution >= 4 is 0 Å². The van der Waals surface area contributed by atoms with Crippen LogP contribution in [-0.4, -0.2) is 24.6 Å². The first-order valence-corrected chi connectivity index (χ1v) is 4.42. The summed E-state index contributed by atoms with van der Waals surface area (Å²) in [6, 6.07) is 0. The molecule has 0 aliphatic carbocycles. The summed E-state index contributed by atoms with van der Waals surface area (Å²) in [6.07, 6.45) is -3.37. The lowest BCUT2D eigenvalue weighted by atomic mass is 10.1. The molecule has 0 radical (unpaired) electrons. The minimum Gasteiger partial charge on any atom is -0.375 e. The van der Waals surface area contributed by atoms with E-state index in [2.05, 4.69) is 0 Å². The van der Waals surface area contributed by atoms with Crippen molar-refractivity contribution in [3.63, 3.8) is 0 Å². The third-order valence-electron chi connectivity index (χ3n) is 1.68. The number of alkyl halides is 4. The maximum absolute atomic E-state index is 12.3. The molecule has 0 N–H and O–H groups in total. The monoisotopic (exact) mass is 216 g/mol. The fourth-order valence-electron chi connectivity index (χ4n) is 0.937. The molecular weight excluding hydrogens is 200 g/mol. The van der Waals surface area contributed by atoms with Gasteiger partial charge >= 0.3 is 0 Å². The van der Waals surface area contributed by atoms with Crippen LogP contribution in [0.4, 0.5) is 17.6 Å². The molecule has 14 heavy (non-hydrogen) atoms. The Bertz CT molecular complexity index is 163. The average Bonchev–Trinajstić information content (AvgIpc) is 1.78. The number of rotatable bonds is 6. The summed E-state index contributed by atoms with van der Waals surface area (Å²) in [5, 5.41) is 0. The third kappa shape index (κ3) is 8.29. The summed E-state index contributed by atoms with van der Waals surface area (Å²) < 4.78 is 53.5. The Morgan fingerprint density at radius 1 is 1.14 bits per heavy atom. The molecule has 0 saturated carbocycles. The summed E-state index contributed by atoms with van der Waals surface area (Å²) >= 11 is 0. The zero-order valence-electron chi connectivity index (χ0n) is 8.62. The SMILES string of the molecule is CC(F)(F)CCOC(C)(C)CC(F)F. The van der Waals surface area contributed by atoms with E-state index in [0.717, 1.165) is 6.92 Å². The third-order valence-corrected chi connectivity index (χ3v) is 1.68. The van der Waals surface area contributed by atoms with Gasteiger partial charge in [-0.1, -0.05) is 0 Å². The van der Waals surface area contributed by atoms with Crippen molar-refractivity contribution in [2.45, 2.75) is 51.6 Å². The van der Waals surface area contributed by atoms with Crippen molar-refractivity contribution in [1.82, 2.24) is 0 Å². The van der Waals surface area contributed by atoms with E-state index in [4.69, 9.17) is 4.74 Å². The van der Waals surface area contributed by atoms with Gasteiger partial charge in [-0.2, -0.15) is 0 Å². The first-order chi connectivity index (χ1) is 6.12. The Morgan fingerprint density at radius 2 is 1.64 bits per heavy atom. The predicted molar refractivity (Wildman–Crippen MR) is 45.9 cm³/mol. The topological polar surface area (TPSA) is 9.23 Å². The standard InChI is InChI=1S/C9H16F4O/c1-8(2,6-7(10)11)14-5-4-9(3,12)13/h7H,4-6H2,1-3H3. The summed E-state index contributed by atoms with van der Waals surface area (Å²) in [7, 11) is 0. The molecular formula is C9H16F4O. The molecule has 0 amide bonds. The molecule has 0 saturated heterocycles. The van der Waals surface area contributed by atoms with Crippen molar-refractivity contribution in [3.05, 3.63) is 0 Å². The molecule has 0 aromatic heterocycles. The predicted octanol–water partition coefficient (Wildman–Crippen LogP) is 3.48. The molecule has 0 atom stereocenters. The van der Waals surface area contributed by atoms with Crippen LogP contribution in [0, 0.1) is 0 Å². The van der Waals surface area contributed by atoms with Crippen molar-refractivity contribution in [2.75, 3.05) is 6.61 Å². The van der Waals surface area contributed by atoms with Crippen LogP contribution in [0.1, 0.15) is 33.6 Å². The van der Waals surface area contributed by atoms with Crippen LogP contribution < -0.4 is 0 Å². The molecule has 0 spiro atoms. The molecule has 0 aliphatic heterocycles. The first-order valence-electron chi connectivity index (χ1n) is 4.42. The highest BCUT2D eigenvalue weighted by molar-refractivity contribution is 4.70. The van der Waals surface area contributed by atoms with Crippen LogP contribution in [0.25, 0.3) is 0 Å². The second kappa shape index (κ2) is 4.96. The van der Waals surface area contributed by atoms with Gasteiger partial charge in [-0.25, -0.2) is 17.6 Å². The number of halogens is 4. The van der Waals surface area contributed by atoms with Gasteiger partial charge in [0, 0.05) is 12.8 Å². The van der Waals surface area contributed by atoms with Gasteiger partial charge in [-0.3, -0.25) is 0 Å². The molecule has 0 aromatic rings. The van der Waals surface area contributed by atoms with Gasteiger partial charge < -0.3 is 4.74 Å². The van der Waals surface area contributed by atoms with E-state index in [1.807, 2.05) is 0 Å². The van der Waals surface area contributed by atoms with E-state index in [-0.39, 0.29) is 6.61 Å². The largest absolute Gasteiger partial charge is 0.375 e. The molecule has 0 fully saturated rings. The van der Waals surface area contributed by atoms with Crippen molar-refractivity contribution in [1.29, 1.82) is 0 Å². The lowest BCUT2D eigenvalue weighted by Crippen LogP contribution is -2.29. The molecule has 1 nitrogen and oxygen atoms in total. The minimum absolute atomic E-state index is 0.205. The number of hydrogen-bond acceptors (Lipinski definition) is 1. The molecule has 0 heterocycles. The Labute approximate surface area is 81.4 Å². The highest BCUT2D eigenvalue weighted by Crippen LogP contribution is 2.22. The maximum atomic E-state index is 12.3. The average molecular weight is 216 g/mol.